The van der Waals surface area contributed by atoms with Crippen LogP contribution in [0.5, 0.6) is 0 Å². The summed E-state index contributed by atoms with van der Waals surface area (Å²) in [5, 5.41) is 13.2. The number of aliphatic hydroxyl groups is 1. The molecule has 1 aromatic heterocycles. The fraction of sp³-hybridized carbons (Fsp3) is 0.308. The first-order valence-electron chi connectivity index (χ1n) is 6.21. The molecule has 1 heterocycles. The summed E-state index contributed by atoms with van der Waals surface area (Å²) in [6.07, 6.45) is 1.57. The van der Waals surface area contributed by atoms with E-state index in [1.165, 1.54) is 6.07 Å². The molecule has 6 nitrogen and oxygen atoms in total. The molecular formula is C13H16FN3O3S. The van der Waals surface area contributed by atoms with Gasteiger partial charge in [0, 0.05) is 24.8 Å². The molecule has 0 bridgehead atoms. The summed E-state index contributed by atoms with van der Waals surface area (Å²) in [5.41, 5.74) is 1.70. The average molecular weight is 313 g/mol. The molecule has 0 amide bonds. The van der Waals surface area contributed by atoms with Crippen LogP contribution in [-0.2, 0) is 30.2 Å². The predicted molar refractivity (Wildman–Crippen MR) is 74.3 cm³/mol. The molecule has 0 saturated heterocycles. The van der Waals surface area contributed by atoms with Crippen LogP contribution < -0.4 is 4.72 Å². The maximum Gasteiger partial charge on any atom is 0.241 e. The summed E-state index contributed by atoms with van der Waals surface area (Å²) in [6.45, 7) is 1.38. The Morgan fingerprint density at radius 2 is 2.10 bits per heavy atom. The van der Waals surface area contributed by atoms with Crippen LogP contribution in [0.2, 0.25) is 0 Å². The Balaban J connectivity index is 2.27. The highest BCUT2D eigenvalue weighted by Crippen LogP contribution is 2.18. The molecule has 0 aliphatic rings. The molecule has 8 heteroatoms. The van der Waals surface area contributed by atoms with Crippen molar-refractivity contribution >= 4 is 10.0 Å². The Morgan fingerprint density at radius 3 is 2.67 bits per heavy atom. The van der Waals surface area contributed by atoms with Gasteiger partial charge in [-0.2, -0.15) is 5.10 Å². The molecule has 0 spiro atoms. The van der Waals surface area contributed by atoms with Crippen LogP contribution in [-0.4, -0.2) is 23.3 Å². The summed E-state index contributed by atoms with van der Waals surface area (Å²) in [5.74, 6) is -0.676. The molecule has 0 atom stereocenters. The van der Waals surface area contributed by atoms with Crippen LogP contribution >= 0.6 is 0 Å². The van der Waals surface area contributed by atoms with E-state index in [0.29, 0.717) is 0 Å². The summed E-state index contributed by atoms with van der Waals surface area (Å²) < 4.78 is 41.8. The molecule has 114 valence electrons. The predicted octanol–water partition coefficient (Wildman–Crippen LogP) is 0.838. The smallest absolute Gasteiger partial charge is 0.241 e. The average Bonchev–Trinajstić information content (AvgIpc) is 2.77. The molecule has 0 unspecified atom stereocenters. The quantitative estimate of drug-likeness (QED) is 0.856. The number of hydrogen-bond acceptors (Lipinski definition) is 4. The normalized spacial score (nSPS) is 11.8. The van der Waals surface area contributed by atoms with Crippen LogP contribution in [0.1, 0.15) is 16.8 Å². The number of sulfonamides is 1. The lowest BCUT2D eigenvalue weighted by atomic mass is 10.2. The van der Waals surface area contributed by atoms with Crippen LogP contribution in [0.25, 0.3) is 0 Å². The SMILES string of the molecule is Cc1c(CNS(=O)(=O)c2cc(F)ccc2CO)cnn1C. The topological polar surface area (TPSA) is 84.2 Å². The van der Waals surface area contributed by atoms with E-state index in [1.807, 2.05) is 6.92 Å². The summed E-state index contributed by atoms with van der Waals surface area (Å²) in [4.78, 5) is -0.258. The number of hydrogen-bond donors (Lipinski definition) is 2. The monoisotopic (exact) mass is 313 g/mol. The molecule has 0 saturated carbocycles. The highest BCUT2D eigenvalue weighted by atomic mass is 32.2. The molecule has 1 aromatic carbocycles. The van der Waals surface area contributed by atoms with Gasteiger partial charge in [0.1, 0.15) is 5.82 Å². The van der Waals surface area contributed by atoms with Gasteiger partial charge in [-0.3, -0.25) is 4.68 Å². The molecule has 0 fully saturated rings. The van der Waals surface area contributed by atoms with Crippen molar-refractivity contribution in [2.45, 2.75) is 25.0 Å². The van der Waals surface area contributed by atoms with Crippen LogP contribution in [0, 0.1) is 12.7 Å². The molecule has 0 aliphatic heterocycles. The van der Waals surface area contributed by atoms with Gasteiger partial charge in [-0.25, -0.2) is 17.5 Å². The van der Waals surface area contributed by atoms with E-state index < -0.39 is 22.4 Å². The number of halogens is 1. The number of aryl methyl sites for hydroxylation is 1. The third-order valence-corrected chi connectivity index (χ3v) is 4.76. The second-order valence-corrected chi connectivity index (χ2v) is 6.35. The van der Waals surface area contributed by atoms with Gasteiger partial charge >= 0.3 is 0 Å². The fourth-order valence-corrected chi connectivity index (χ4v) is 3.12. The Labute approximate surface area is 122 Å². The van der Waals surface area contributed by atoms with Crippen molar-refractivity contribution in [2.75, 3.05) is 0 Å². The van der Waals surface area contributed by atoms with Crippen molar-refractivity contribution in [3.63, 3.8) is 0 Å². The minimum absolute atomic E-state index is 0.0450. The molecule has 21 heavy (non-hydrogen) atoms. The largest absolute Gasteiger partial charge is 0.392 e. The molecule has 2 rings (SSSR count). The van der Waals surface area contributed by atoms with E-state index in [-0.39, 0.29) is 17.0 Å². The zero-order valence-corrected chi connectivity index (χ0v) is 12.5. The number of benzene rings is 1. The maximum atomic E-state index is 13.3. The number of nitrogens with zero attached hydrogens (tertiary/aromatic N) is 2. The van der Waals surface area contributed by atoms with Crippen molar-refractivity contribution < 1.29 is 17.9 Å². The summed E-state index contributed by atoms with van der Waals surface area (Å²) in [7, 11) is -2.16. The zero-order chi connectivity index (χ0) is 15.6. The first-order chi connectivity index (χ1) is 9.85. The Morgan fingerprint density at radius 1 is 1.38 bits per heavy atom. The van der Waals surface area contributed by atoms with Gasteiger partial charge in [-0.15, -0.1) is 0 Å². The van der Waals surface area contributed by atoms with Gasteiger partial charge in [-0.1, -0.05) is 6.07 Å². The molecule has 0 aliphatic carbocycles. The standard InChI is InChI=1S/C13H16FN3O3S/c1-9-11(6-15-17(9)2)7-16-21(19,20)13-5-12(14)4-3-10(13)8-18/h3-6,16,18H,7-8H2,1-2H3. The zero-order valence-electron chi connectivity index (χ0n) is 11.7. The third-order valence-electron chi connectivity index (χ3n) is 3.28. The maximum absolute atomic E-state index is 13.3. The van der Waals surface area contributed by atoms with Gasteiger partial charge < -0.3 is 5.11 Å². The van der Waals surface area contributed by atoms with Crippen molar-refractivity contribution in [1.82, 2.24) is 14.5 Å². The van der Waals surface area contributed by atoms with E-state index >= 15 is 0 Å². The highest BCUT2D eigenvalue weighted by Gasteiger charge is 2.19. The first kappa shape index (κ1) is 15.6. The van der Waals surface area contributed by atoms with Crippen LogP contribution in [0.4, 0.5) is 4.39 Å². The number of rotatable bonds is 5. The number of nitrogens with one attached hydrogen (secondary N) is 1. The fourth-order valence-electron chi connectivity index (χ4n) is 1.88. The van der Waals surface area contributed by atoms with E-state index in [4.69, 9.17) is 0 Å². The van der Waals surface area contributed by atoms with E-state index in [1.54, 1.807) is 17.9 Å². The van der Waals surface area contributed by atoms with E-state index in [0.717, 1.165) is 23.4 Å². The van der Waals surface area contributed by atoms with Gasteiger partial charge in [0.15, 0.2) is 0 Å². The van der Waals surface area contributed by atoms with Crippen LogP contribution in [0.15, 0.2) is 29.3 Å². The Bertz CT molecular complexity index is 756. The van der Waals surface area contributed by atoms with Crippen molar-refractivity contribution in [2.24, 2.45) is 7.05 Å². The van der Waals surface area contributed by atoms with Gasteiger partial charge in [0.2, 0.25) is 10.0 Å². The molecule has 2 aromatic rings. The minimum Gasteiger partial charge on any atom is -0.392 e. The van der Waals surface area contributed by atoms with Crippen LogP contribution in [0.3, 0.4) is 0 Å². The van der Waals surface area contributed by atoms with Gasteiger partial charge in [0.25, 0.3) is 0 Å². The van der Waals surface area contributed by atoms with Crippen molar-refractivity contribution in [1.29, 1.82) is 0 Å². The van der Waals surface area contributed by atoms with E-state index in [9.17, 15) is 17.9 Å². The molecular weight excluding hydrogens is 297 g/mol. The van der Waals surface area contributed by atoms with E-state index in [2.05, 4.69) is 9.82 Å². The van der Waals surface area contributed by atoms with Gasteiger partial charge in [0.05, 0.1) is 17.7 Å². The lowest BCUT2D eigenvalue weighted by Crippen LogP contribution is -2.24. The number of aliphatic hydroxyl groups excluding tert-OH is 1. The number of aromatic nitrogens is 2. The lowest BCUT2D eigenvalue weighted by Gasteiger charge is -2.10. The van der Waals surface area contributed by atoms with Crippen molar-refractivity contribution in [3.05, 3.63) is 47.0 Å². The summed E-state index contributed by atoms with van der Waals surface area (Å²) >= 11 is 0. The Hall–Kier alpha value is -1.77. The second kappa shape index (κ2) is 5.92. The second-order valence-electron chi connectivity index (χ2n) is 4.61. The summed E-state index contributed by atoms with van der Waals surface area (Å²) in [6, 6.07) is 3.25. The molecule has 2 N–H and O–H groups in total. The Kier molecular flexibility index (Phi) is 4.40. The highest BCUT2D eigenvalue weighted by molar-refractivity contribution is 7.89. The van der Waals surface area contributed by atoms with Crippen molar-refractivity contribution in [3.8, 4) is 0 Å². The third kappa shape index (κ3) is 3.29. The van der Waals surface area contributed by atoms with Gasteiger partial charge in [-0.05, 0) is 24.6 Å². The first-order valence-corrected chi connectivity index (χ1v) is 7.70. The lowest BCUT2D eigenvalue weighted by molar-refractivity contribution is 0.278. The minimum atomic E-state index is -3.92. The molecule has 0 radical (unpaired) electrons.